The summed E-state index contributed by atoms with van der Waals surface area (Å²) in [4.78, 5) is 10.7. The summed E-state index contributed by atoms with van der Waals surface area (Å²) in [5, 5.41) is 0.578. The zero-order chi connectivity index (χ0) is 19.8. The van der Waals surface area contributed by atoms with Crippen LogP contribution in [0.2, 0.25) is 0 Å². The Bertz CT molecular complexity index is 1090. The third-order valence-corrected chi connectivity index (χ3v) is 5.59. The van der Waals surface area contributed by atoms with E-state index in [2.05, 4.69) is 4.98 Å². The number of fused-ring (bicyclic) bond motifs is 3. The van der Waals surface area contributed by atoms with E-state index in [9.17, 15) is 13.2 Å². The van der Waals surface area contributed by atoms with Gasteiger partial charge in [-0.05, 0) is 31.0 Å². The van der Waals surface area contributed by atoms with Crippen molar-refractivity contribution in [2.45, 2.75) is 26.1 Å². The monoisotopic (exact) mass is 391 g/mol. The van der Waals surface area contributed by atoms with Crippen molar-refractivity contribution in [3.63, 3.8) is 0 Å². The molecular weight excluding hydrogens is 371 g/mol. The second-order valence-electron chi connectivity index (χ2n) is 8.12. The van der Waals surface area contributed by atoms with E-state index in [1.807, 2.05) is 30.9 Å². The highest BCUT2D eigenvalue weighted by Gasteiger charge is 2.50. The molecule has 3 aromatic rings. The molecule has 2 saturated heterocycles. The SMILES string of the molecule is Cc1cc(C(C)N)c2nc(N3CC4(COC4)C3)n3cc(C(F)(F)F)nc3c2c1. The number of rotatable bonds is 2. The second-order valence-corrected chi connectivity index (χ2v) is 8.12. The smallest absolute Gasteiger partial charge is 0.380 e. The average molecular weight is 391 g/mol. The highest BCUT2D eigenvalue weighted by atomic mass is 19.4. The molecule has 1 aromatic carbocycles. The molecule has 5 rings (SSSR count). The molecule has 1 atom stereocenters. The molecule has 148 valence electrons. The van der Waals surface area contributed by atoms with Gasteiger partial charge >= 0.3 is 6.18 Å². The maximum atomic E-state index is 13.4. The lowest BCUT2D eigenvalue weighted by molar-refractivity contribution is -0.140. The first-order chi connectivity index (χ1) is 13.2. The lowest BCUT2D eigenvalue weighted by atomic mass is 9.78. The van der Waals surface area contributed by atoms with E-state index < -0.39 is 11.9 Å². The minimum absolute atomic E-state index is 0.105. The van der Waals surface area contributed by atoms with Crippen LogP contribution in [-0.2, 0) is 10.9 Å². The van der Waals surface area contributed by atoms with E-state index in [0.717, 1.165) is 17.3 Å². The van der Waals surface area contributed by atoms with E-state index in [1.165, 1.54) is 4.40 Å². The Morgan fingerprint density at radius 2 is 1.93 bits per heavy atom. The van der Waals surface area contributed by atoms with Crippen molar-refractivity contribution in [3.8, 4) is 0 Å². The maximum Gasteiger partial charge on any atom is 0.434 e. The number of hydrogen-bond donors (Lipinski definition) is 1. The molecule has 0 saturated carbocycles. The van der Waals surface area contributed by atoms with Crippen molar-refractivity contribution in [1.29, 1.82) is 0 Å². The fourth-order valence-corrected chi connectivity index (χ4v) is 4.16. The molecule has 2 aliphatic rings. The Kier molecular flexibility index (Phi) is 3.52. The Morgan fingerprint density at radius 1 is 1.21 bits per heavy atom. The predicted octanol–water partition coefficient (Wildman–Crippen LogP) is 3.07. The van der Waals surface area contributed by atoms with Gasteiger partial charge in [-0.3, -0.25) is 4.40 Å². The van der Waals surface area contributed by atoms with E-state index in [0.29, 0.717) is 43.2 Å². The summed E-state index contributed by atoms with van der Waals surface area (Å²) in [6, 6.07) is 3.45. The molecule has 2 fully saturated rings. The van der Waals surface area contributed by atoms with Crippen molar-refractivity contribution < 1.29 is 17.9 Å². The number of benzene rings is 1. The number of hydrogen-bond acceptors (Lipinski definition) is 5. The molecule has 2 aromatic heterocycles. The Morgan fingerprint density at radius 3 is 2.50 bits per heavy atom. The molecule has 1 spiro atoms. The van der Waals surface area contributed by atoms with E-state index in [4.69, 9.17) is 15.5 Å². The minimum atomic E-state index is -4.53. The summed E-state index contributed by atoms with van der Waals surface area (Å²) >= 11 is 0. The summed E-state index contributed by atoms with van der Waals surface area (Å²) in [6.07, 6.45) is -3.49. The van der Waals surface area contributed by atoms with Gasteiger partial charge in [0.2, 0.25) is 5.95 Å². The van der Waals surface area contributed by atoms with Crippen molar-refractivity contribution >= 4 is 22.5 Å². The number of alkyl halides is 3. The standard InChI is InChI=1S/C19H20F3N5O/c1-10-3-12(11(2)23)15-13(4-10)16-24-14(19(20,21)22)5-27(16)17(25-15)26-6-18(7-26)8-28-9-18/h3-5,11H,6-9,23H2,1-2H3. The molecule has 2 aliphatic heterocycles. The topological polar surface area (TPSA) is 68.7 Å². The maximum absolute atomic E-state index is 13.4. The number of halogens is 3. The van der Waals surface area contributed by atoms with Crippen LogP contribution in [0.4, 0.5) is 19.1 Å². The fraction of sp³-hybridized carbons (Fsp3) is 0.474. The van der Waals surface area contributed by atoms with E-state index in [-0.39, 0.29) is 17.1 Å². The second kappa shape index (κ2) is 5.57. The summed E-state index contributed by atoms with van der Waals surface area (Å²) < 4.78 is 46.9. The zero-order valence-corrected chi connectivity index (χ0v) is 15.5. The molecule has 1 unspecified atom stereocenters. The number of aromatic nitrogens is 3. The molecular formula is C19H20F3N5O. The molecule has 0 amide bonds. The molecule has 2 N–H and O–H groups in total. The normalized spacial score (nSPS) is 19.9. The first kappa shape index (κ1) is 17.7. The van der Waals surface area contributed by atoms with Gasteiger partial charge in [0.1, 0.15) is 5.65 Å². The van der Waals surface area contributed by atoms with Crippen molar-refractivity contribution in [2.75, 3.05) is 31.2 Å². The first-order valence-electron chi connectivity index (χ1n) is 9.16. The Hall–Kier alpha value is -2.39. The van der Waals surface area contributed by atoms with Crippen LogP contribution in [0.5, 0.6) is 0 Å². The molecule has 6 nitrogen and oxygen atoms in total. The van der Waals surface area contributed by atoms with Crippen molar-refractivity contribution in [2.24, 2.45) is 11.1 Å². The van der Waals surface area contributed by atoms with Crippen LogP contribution in [0, 0.1) is 12.3 Å². The summed E-state index contributed by atoms with van der Waals surface area (Å²) in [5.41, 5.74) is 7.89. The quantitative estimate of drug-likeness (QED) is 0.727. The Balaban J connectivity index is 1.77. The third-order valence-electron chi connectivity index (χ3n) is 5.59. The minimum Gasteiger partial charge on any atom is -0.380 e. The number of anilines is 1. The van der Waals surface area contributed by atoms with Crippen LogP contribution < -0.4 is 10.6 Å². The fourth-order valence-electron chi connectivity index (χ4n) is 4.16. The number of aryl methyl sites for hydroxylation is 1. The van der Waals surface area contributed by atoms with Crippen LogP contribution in [0.25, 0.3) is 16.6 Å². The number of imidazole rings is 1. The number of nitrogens with two attached hydrogens (primary N) is 1. The molecule has 4 heterocycles. The van der Waals surface area contributed by atoms with Gasteiger partial charge in [-0.15, -0.1) is 0 Å². The van der Waals surface area contributed by atoms with Crippen LogP contribution in [0.1, 0.15) is 29.8 Å². The summed E-state index contributed by atoms with van der Waals surface area (Å²) in [5.74, 6) is 0.466. The lowest BCUT2D eigenvalue weighted by Gasteiger charge is -2.55. The van der Waals surface area contributed by atoms with Gasteiger partial charge in [-0.25, -0.2) is 9.97 Å². The van der Waals surface area contributed by atoms with Crippen molar-refractivity contribution in [1.82, 2.24) is 14.4 Å². The zero-order valence-electron chi connectivity index (χ0n) is 15.5. The van der Waals surface area contributed by atoms with Crippen LogP contribution in [0.15, 0.2) is 18.3 Å². The average Bonchev–Trinajstić information content (AvgIpc) is 2.97. The molecule has 0 aliphatic carbocycles. The van der Waals surface area contributed by atoms with Gasteiger partial charge < -0.3 is 15.4 Å². The van der Waals surface area contributed by atoms with E-state index >= 15 is 0 Å². The summed E-state index contributed by atoms with van der Waals surface area (Å²) in [7, 11) is 0. The third kappa shape index (κ3) is 2.49. The molecule has 0 radical (unpaired) electrons. The first-order valence-corrected chi connectivity index (χ1v) is 9.16. The van der Waals surface area contributed by atoms with Gasteiger partial charge in [0.05, 0.1) is 24.1 Å². The number of nitrogens with zero attached hydrogens (tertiary/aromatic N) is 4. The molecule has 9 heteroatoms. The highest BCUT2D eigenvalue weighted by molar-refractivity contribution is 5.95. The molecule has 0 bridgehead atoms. The van der Waals surface area contributed by atoms with E-state index in [1.54, 1.807) is 0 Å². The van der Waals surface area contributed by atoms with Crippen molar-refractivity contribution in [3.05, 3.63) is 35.2 Å². The van der Waals surface area contributed by atoms with Gasteiger partial charge in [-0.1, -0.05) is 6.07 Å². The lowest BCUT2D eigenvalue weighted by Crippen LogP contribution is -2.66. The van der Waals surface area contributed by atoms with Crippen LogP contribution in [-0.4, -0.2) is 40.7 Å². The largest absolute Gasteiger partial charge is 0.434 e. The highest BCUT2D eigenvalue weighted by Crippen LogP contribution is 2.41. The van der Waals surface area contributed by atoms with Crippen LogP contribution in [0.3, 0.4) is 0 Å². The Labute approximate surface area is 159 Å². The van der Waals surface area contributed by atoms with Gasteiger partial charge in [0.25, 0.3) is 0 Å². The van der Waals surface area contributed by atoms with Crippen LogP contribution >= 0.6 is 0 Å². The predicted molar refractivity (Wildman–Crippen MR) is 98.3 cm³/mol. The van der Waals surface area contributed by atoms with Gasteiger partial charge in [-0.2, -0.15) is 13.2 Å². The summed E-state index contributed by atoms with van der Waals surface area (Å²) in [6.45, 7) is 6.51. The number of ether oxygens (including phenoxy) is 1. The molecule has 28 heavy (non-hydrogen) atoms. The van der Waals surface area contributed by atoms with Gasteiger partial charge in [0.15, 0.2) is 5.69 Å². The van der Waals surface area contributed by atoms with Gasteiger partial charge in [0, 0.05) is 30.7 Å².